The number of unbranched alkanes of at least 4 members (excludes halogenated alkanes) is 2. The van der Waals surface area contributed by atoms with Crippen molar-refractivity contribution in [1.82, 2.24) is 0 Å². The second-order valence-electron chi connectivity index (χ2n) is 17.5. The number of phosphoric ester groups is 1. The molecule has 2 bridgehead atoms. The van der Waals surface area contributed by atoms with E-state index in [2.05, 4.69) is 55.5 Å². The molecule has 16 nitrogen and oxygen atoms in total. The second kappa shape index (κ2) is 35.9. The Hall–Kier alpha value is -3.09. The van der Waals surface area contributed by atoms with Gasteiger partial charge in [-0.05, 0) is 64.2 Å². The van der Waals surface area contributed by atoms with Gasteiger partial charge in [0.05, 0.1) is 37.1 Å². The fraction of sp³-hybridized carbons (Fsp3) is 0.686. The highest BCUT2D eigenvalue weighted by molar-refractivity contribution is 7.47. The molecule has 1 aliphatic heterocycles. The highest BCUT2D eigenvalue weighted by Gasteiger charge is 2.49. The molecule has 9 N–H and O–H groups in total. The van der Waals surface area contributed by atoms with Gasteiger partial charge in [0.1, 0.15) is 31.0 Å². The third kappa shape index (κ3) is 25.7. The number of hydrogen-bond donors (Lipinski definition) is 9. The lowest BCUT2D eigenvalue weighted by Gasteiger charge is -2.37. The maximum Gasteiger partial charge on any atom is 0.472 e. The van der Waals surface area contributed by atoms with Crippen LogP contribution in [0.15, 0.2) is 85.1 Å². The van der Waals surface area contributed by atoms with E-state index in [1.165, 1.54) is 12.2 Å². The van der Waals surface area contributed by atoms with Crippen molar-refractivity contribution in [3.05, 3.63) is 85.1 Å². The van der Waals surface area contributed by atoms with Gasteiger partial charge in [0.2, 0.25) is 0 Å². The summed E-state index contributed by atoms with van der Waals surface area (Å²) in [6.07, 6.45) is 17.9. The van der Waals surface area contributed by atoms with E-state index in [-0.39, 0.29) is 19.3 Å². The molecule has 1 aliphatic carbocycles. The molecule has 1 saturated heterocycles. The van der Waals surface area contributed by atoms with Crippen LogP contribution in [0.3, 0.4) is 0 Å². The molecule has 13 atom stereocenters. The molecule has 17 heteroatoms. The van der Waals surface area contributed by atoms with E-state index in [0.717, 1.165) is 44.9 Å². The number of carbonyl (C=O) groups is 2. The first-order valence-corrected chi connectivity index (χ1v) is 26.1. The number of phosphoric acid groups is 1. The van der Waals surface area contributed by atoms with Crippen LogP contribution < -0.4 is 0 Å². The van der Waals surface area contributed by atoms with Gasteiger partial charge in [0, 0.05) is 31.1 Å². The summed E-state index contributed by atoms with van der Waals surface area (Å²) in [6, 6.07) is 0. The first kappa shape index (κ1) is 61.0. The van der Waals surface area contributed by atoms with E-state index in [1.54, 1.807) is 6.08 Å². The molecular weight excluding hydrogens is 900 g/mol. The number of aliphatic hydroxyl groups is 8. The van der Waals surface area contributed by atoms with E-state index >= 15 is 0 Å². The molecule has 1 unspecified atom stereocenters. The van der Waals surface area contributed by atoms with Gasteiger partial charge in [-0.1, -0.05) is 137 Å². The van der Waals surface area contributed by atoms with E-state index in [1.807, 2.05) is 25.2 Å². The van der Waals surface area contributed by atoms with Crippen molar-refractivity contribution in [3.8, 4) is 0 Å². The van der Waals surface area contributed by atoms with Crippen LogP contribution in [0, 0.1) is 11.8 Å². The number of aliphatic hydroxyl groups excluding tert-OH is 8. The number of carbonyl (C=O) groups excluding carboxylic acids is 2. The Kier molecular flexibility index (Phi) is 32.2. The van der Waals surface area contributed by atoms with Crippen LogP contribution in [0.5, 0.6) is 0 Å². The van der Waals surface area contributed by atoms with Crippen molar-refractivity contribution in [2.24, 2.45) is 11.8 Å². The lowest BCUT2D eigenvalue weighted by Crippen LogP contribution is -2.55. The average molecular weight is 983 g/mol. The van der Waals surface area contributed by atoms with Crippen LogP contribution in [-0.2, 0) is 32.7 Å². The standard InChI is InChI=1S/C51H83O16P/c1-3-5-7-8-9-10-11-12-13-14-15-16-17-18-19-20-21-22-28-32-45(56)66-39-36-64-44(55)31-27-24-23-26-30-40-42(53)35-43(54)41(34-33-38(52)29-25-6-4-2)47(58)49(60)51(50(61)48(59)46(40)57)67-68(62,63)65-37-39/h5,7,9-10,12-13,15-16,18-19,21-22,33-34,38-43,46-54,57-61H,3-4,6,8,11,14,17,20,23-32,35-37H2,1-2H3,(H,62,63)/b7-5-,10-9-,13-12-,16-15-,19-18-,22-21-,34-33+/t38-,39+,40-,41-,42-,43+,46+,47+,48-,49+,50+,51+/m0/s1. The Bertz CT molecular complexity index is 1640. The molecule has 2 aliphatic rings. The van der Waals surface area contributed by atoms with Crippen molar-refractivity contribution in [1.29, 1.82) is 0 Å². The third-order valence-corrected chi connectivity index (χ3v) is 12.8. The molecule has 68 heavy (non-hydrogen) atoms. The number of ether oxygens (including phenoxy) is 2. The Morgan fingerprint density at radius 3 is 1.90 bits per heavy atom. The number of allylic oxidation sites excluding steroid dienone is 12. The summed E-state index contributed by atoms with van der Waals surface area (Å²) in [7, 11) is -5.46. The second-order valence-corrected chi connectivity index (χ2v) is 19.0. The zero-order valence-electron chi connectivity index (χ0n) is 40.2. The molecule has 1 heterocycles. The SMILES string of the molecule is CC/C=C\C/C=C\C/C=C\C/C=C\C/C=C\C/C=C\CCC(=O)O[C@@H]1COC(=O)CCCCCC[C@@H]2[C@@H](O)[C@H](O)[C@@H](O)[C@H](OP(=O)(O)OC1)[C@H](O)[C@H](O)[C@@H](/C=C/[C@@H](O)CCCCC)[C@H](O)C[C@@H]2O. The topological polar surface area (TPSA) is 270 Å². The smallest absolute Gasteiger partial charge is 0.462 e. The fourth-order valence-electron chi connectivity index (χ4n) is 7.82. The van der Waals surface area contributed by atoms with Crippen molar-refractivity contribution in [2.75, 3.05) is 13.2 Å². The first-order chi connectivity index (χ1) is 32.6. The van der Waals surface area contributed by atoms with E-state index < -0.39 is 112 Å². The van der Waals surface area contributed by atoms with Crippen LogP contribution in [0.25, 0.3) is 0 Å². The van der Waals surface area contributed by atoms with Crippen LogP contribution in [0.1, 0.15) is 136 Å². The zero-order chi connectivity index (χ0) is 50.2. The minimum absolute atomic E-state index is 0.0122. The maximum absolute atomic E-state index is 13.5. The quantitative estimate of drug-likeness (QED) is 0.0259. The largest absolute Gasteiger partial charge is 0.472 e. The van der Waals surface area contributed by atoms with Crippen LogP contribution >= 0.6 is 7.82 Å². The number of cyclic esters (lactones) is 1. The molecule has 0 aromatic carbocycles. The van der Waals surface area contributed by atoms with Gasteiger partial charge in [-0.3, -0.25) is 18.6 Å². The molecule has 388 valence electrons. The van der Waals surface area contributed by atoms with E-state index in [0.29, 0.717) is 51.4 Å². The molecule has 0 aromatic heterocycles. The number of rotatable bonds is 21. The molecule has 2 rings (SSSR count). The normalized spacial score (nSPS) is 32.1. The number of fused-ring (bicyclic) bond motifs is 4. The van der Waals surface area contributed by atoms with Crippen molar-refractivity contribution >= 4 is 19.8 Å². The summed E-state index contributed by atoms with van der Waals surface area (Å²) in [5.41, 5.74) is 0. The van der Waals surface area contributed by atoms with Gasteiger partial charge in [0.15, 0.2) is 6.10 Å². The molecule has 0 amide bonds. The minimum Gasteiger partial charge on any atom is -0.462 e. The van der Waals surface area contributed by atoms with Gasteiger partial charge in [0.25, 0.3) is 0 Å². The van der Waals surface area contributed by atoms with E-state index in [9.17, 15) is 59.9 Å². The summed E-state index contributed by atoms with van der Waals surface area (Å²) in [4.78, 5) is 36.5. The predicted octanol–water partition coefficient (Wildman–Crippen LogP) is 6.44. The summed E-state index contributed by atoms with van der Waals surface area (Å²) >= 11 is 0. The Morgan fingerprint density at radius 2 is 1.29 bits per heavy atom. The average Bonchev–Trinajstić information content (AvgIpc) is 3.31. The summed E-state index contributed by atoms with van der Waals surface area (Å²) < 4.78 is 34.7. The number of hydrogen-bond acceptors (Lipinski definition) is 15. The third-order valence-electron chi connectivity index (χ3n) is 11.8. The molecule has 2 fully saturated rings. The van der Waals surface area contributed by atoms with Crippen LogP contribution in [-0.4, -0.2) is 132 Å². The first-order valence-electron chi connectivity index (χ1n) is 24.6. The molecule has 0 spiro atoms. The minimum atomic E-state index is -5.46. The highest BCUT2D eigenvalue weighted by atomic mass is 31.2. The number of esters is 2. The van der Waals surface area contributed by atoms with Gasteiger partial charge < -0.3 is 55.2 Å². The summed E-state index contributed by atoms with van der Waals surface area (Å²) in [5.74, 6) is -4.02. The Morgan fingerprint density at radius 1 is 0.721 bits per heavy atom. The van der Waals surface area contributed by atoms with Gasteiger partial charge in [-0.15, -0.1) is 0 Å². The predicted molar refractivity (Wildman–Crippen MR) is 260 cm³/mol. The zero-order valence-corrected chi connectivity index (χ0v) is 41.1. The maximum atomic E-state index is 13.5. The molecule has 1 saturated carbocycles. The van der Waals surface area contributed by atoms with Crippen LogP contribution in [0.2, 0.25) is 0 Å². The van der Waals surface area contributed by atoms with Crippen LogP contribution in [0.4, 0.5) is 0 Å². The molecule has 0 aromatic rings. The van der Waals surface area contributed by atoms with Crippen molar-refractivity contribution < 1.29 is 78.4 Å². The van der Waals surface area contributed by atoms with Gasteiger partial charge in [-0.2, -0.15) is 0 Å². The lowest BCUT2D eigenvalue weighted by molar-refractivity contribution is -0.167. The van der Waals surface area contributed by atoms with E-state index in [4.69, 9.17) is 18.5 Å². The Balaban J connectivity index is 2.16. The van der Waals surface area contributed by atoms with Crippen molar-refractivity contribution in [2.45, 2.75) is 197 Å². The van der Waals surface area contributed by atoms with Gasteiger partial charge >= 0.3 is 19.8 Å². The lowest BCUT2D eigenvalue weighted by atomic mass is 9.82. The highest BCUT2D eigenvalue weighted by Crippen LogP contribution is 2.47. The molecular formula is C51H83O16P. The van der Waals surface area contributed by atoms with Crippen molar-refractivity contribution in [3.63, 3.8) is 0 Å². The summed E-state index contributed by atoms with van der Waals surface area (Å²) in [6.45, 7) is 2.67. The Labute approximate surface area is 404 Å². The fourth-order valence-corrected chi connectivity index (χ4v) is 8.79. The molecule has 0 radical (unpaired) electrons. The summed E-state index contributed by atoms with van der Waals surface area (Å²) in [5, 5.41) is 90.3. The monoisotopic (exact) mass is 983 g/mol. The van der Waals surface area contributed by atoms with Gasteiger partial charge in [-0.25, -0.2) is 4.57 Å².